The smallest absolute Gasteiger partial charge is 0.149 e. The minimum atomic E-state index is 0.122. The van der Waals surface area contributed by atoms with E-state index in [4.69, 9.17) is 14.4 Å². The van der Waals surface area contributed by atoms with Gasteiger partial charge in [-0.1, -0.05) is 125 Å². The molecule has 0 fully saturated rings. The lowest BCUT2D eigenvalue weighted by Crippen LogP contribution is -2.08. The first kappa shape index (κ1) is 31.5. The Hall–Kier alpha value is -6.20. The number of phenols is 1. The minimum absolute atomic E-state index is 0.122. The number of para-hydroxylation sites is 3. The van der Waals surface area contributed by atoms with Gasteiger partial charge in [-0.05, 0) is 70.5 Å². The summed E-state index contributed by atoms with van der Waals surface area (Å²) in [5.41, 5.74) is 14.2. The van der Waals surface area contributed by atoms with Crippen LogP contribution in [-0.4, -0.2) is 19.6 Å². The predicted octanol–water partition coefficient (Wildman–Crippen LogP) is 12.5. The highest BCUT2D eigenvalue weighted by atomic mass is 16.3. The molecule has 0 bridgehead atoms. The molecule has 0 saturated carbocycles. The second-order valence-electron chi connectivity index (χ2n) is 15.0. The van der Waals surface area contributed by atoms with Crippen LogP contribution in [0.5, 0.6) is 5.75 Å². The second-order valence-corrected chi connectivity index (χ2v) is 15.0. The summed E-state index contributed by atoms with van der Waals surface area (Å²) < 4.78 is 8.49. The number of aryl methyl sites for hydroxylation is 2. The van der Waals surface area contributed by atoms with Crippen LogP contribution in [0.4, 0.5) is 0 Å². The van der Waals surface area contributed by atoms with Gasteiger partial charge in [0.25, 0.3) is 0 Å². The van der Waals surface area contributed by atoms with Crippen molar-refractivity contribution in [2.24, 2.45) is 0 Å². The number of aromatic nitrogens is 3. The molecule has 3 aromatic heterocycles. The standard InChI is InChI=1S/C48H39N3O2/c1-27(2)30-18-11-19-31(28(3)4)47(30)51-40-21-12-20-37(45-35-17-8-7-15-33(35)36-24-23-29-13-5-6-14-32(29)44(36)49-45)46(40)50-48(51)39-25-38-34-16-9-10-22-42(34)53-43(38)26-41(39)52/h5-22,25-28,52H,23-24H2,1-4H3. The van der Waals surface area contributed by atoms with Crippen LogP contribution in [0.15, 0.2) is 126 Å². The molecule has 6 aromatic carbocycles. The molecule has 10 rings (SSSR count). The maximum Gasteiger partial charge on any atom is 0.149 e. The minimum Gasteiger partial charge on any atom is -0.507 e. The quantitative estimate of drug-likeness (QED) is 0.195. The van der Waals surface area contributed by atoms with Gasteiger partial charge in [0, 0.05) is 33.4 Å². The van der Waals surface area contributed by atoms with Crippen molar-refractivity contribution in [2.45, 2.75) is 52.4 Å². The third kappa shape index (κ3) is 4.76. The van der Waals surface area contributed by atoms with E-state index in [9.17, 15) is 5.11 Å². The van der Waals surface area contributed by atoms with Crippen molar-refractivity contribution in [3.63, 3.8) is 0 Å². The molecule has 0 amide bonds. The number of benzene rings is 6. The summed E-state index contributed by atoms with van der Waals surface area (Å²) in [7, 11) is 0. The molecule has 9 aromatic rings. The average Bonchev–Trinajstić information content (AvgIpc) is 3.74. The molecule has 0 unspecified atom stereocenters. The van der Waals surface area contributed by atoms with Gasteiger partial charge in [0.2, 0.25) is 0 Å². The first-order valence-electron chi connectivity index (χ1n) is 18.7. The van der Waals surface area contributed by atoms with E-state index in [-0.39, 0.29) is 17.6 Å². The highest BCUT2D eigenvalue weighted by molar-refractivity contribution is 6.09. The number of aromatic hydroxyl groups is 1. The van der Waals surface area contributed by atoms with Crippen LogP contribution in [0.3, 0.4) is 0 Å². The zero-order chi connectivity index (χ0) is 36.0. The molecule has 3 heterocycles. The molecule has 5 heteroatoms. The number of imidazole rings is 1. The third-order valence-electron chi connectivity index (χ3n) is 11.2. The van der Waals surface area contributed by atoms with Crippen LogP contribution in [0, 0.1) is 0 Å². The molecule has 0 atom stereocenters. The van der Waals surface area contributed by atoms with Gasteiger partial charge in [0.05, 0.1) is 33.7 Å². The van der Waals surface area contributed by atoms with Crippen LogP contribution >= 0.6 is 0 Å². The van der Waals surface area contributed by atoms with E-state index in [1.165, 1.54) is 33.2 Å². The number of furan rings is 1. The van der Waals surface area contributed by atoms with Crippen molar-refractivity contribution in [3.8, 4) is 45.3 Å². The van der Waals surface area contributed by atoms with E-state index < -0.39 is 0 Å². The lowest BCUT2D eigenvalue weighted by molar-refractivity contribution is 0.476. The molecule has 1 aliphatic carbocycles. The molecule has 53 heavy (non-hydrogen) atoms. The Morgan fingerprint density at radius 1 is 0.585 bits per heavy atom. The van der Waals surface area contributed by atoms with Crippen LogP contribution in [0.25, 0.3) is 83.3 Å². The number of pyridine rings is 1. The van der Waals surface area contributed by atoms with E-state index in [0.717, 1.165) is 68.3 Å². The number of hydrogen-bond acceptors (Lipinski definition) is 4. The van der Waals surface area contributed by atoms with E-state index in [1.807, 2.05) is 24.3 Å². The summed E-state index contributed by atoms with van der Waals surface area (Å²) in [5.74, 6) is 1.30. The monoisotopic (exact) mass is 689 g/mol. The lowest BCUT2D eigenvalue weighted by Gasteiger charge is -2.23. The maximum absolute atomic E-state index is 11.9. The summed E-state index contributed by atoms with van der Waals surface area (Å²) in [6, 6.07) is 42.3. The molecule has 5 nitrogen and oxygen atoms in total. The van der Waals surface area contributed by atoms with Gasteiger partial charge in [-0.3, -0.25) is 4.57 Å². The number of nitrogens with zero attached hydrogens (tertiary/aromatic N) is 3. The Morgan fingerprint density at radius 2 is 1.26 bits per heavy atom. The summed E-state index contributed by atoms with van der Waals surface area (Å²) >= 11 is 0. The van der Waals surface area contributed by atoms with Crippen molar-refractivity contribution < 1.29 is 9.52 Å². The normalized spacial score (nSPS) is 12.8. The maximum atomic E-state index is 11.9. The fourth-order valence-electron chi connectivity index (χ4n) is 8.64. The molecule has 1 N–H and O–H groups in total. The van der Waals surface area contributed by atoms with Crippen molar-refractivity contribution in [2.75, 3.05) is 0 Å². The Kier molecular flexibility index (Phi) is 7.09. The first-order chi connectivity index (χ1) is 25.9. The van der Waals surface area contributed by atoms with Crippen molar-refractivity contribution >= 4 is 43.7 Å². The van der Waals surface area contributed by atoms with Crippen molar-refractivity contribution in [3.05, 3.63) is 144 Å². The fraction of sp³-hybridized carbons (Fsp3) is 0.167. The van der Waals surface area contributed by atoms with Gasteiger partial charge in [0.15, 0.2) is 0 Å². The molecule has 0 saturated heterocycles. The van der Waals surface area contributed by atoms with E-state index in [2.05, 4.69) is 123 Å². The fourth-order valence-corrected chi connectivity index (χ4v) is 8.64. The number of fused-ring (bicyclic) bond motifs is 9. The summed E-state index contributed by atoms with van der Waals surface area (Å²) in [6.45, 7) is 8.98. The van der Waals surface area contributed by atoms with Crippen LogP contribution in [-0.2, 0) is 12.8 Å². The average molecular weight is 690 g/mol. The van der Waals surface area contributed by atoms with Gasteiger partial charge in [-0.15, -0.1) is 0 Å². The number of rotatable bonds is 5. The van der Waals surface area contributed by atoms with E-state index in [0.29, 0.717) is 17.0 Å². The van der Waals surface area contributed by atoms with Crippen LogP contribution < -0.4 is 0 Å². The first-order valence-corrected chi connectivity index (χ1v) is 18.7. The summed E-state index contributed by atoms with van der Waals surface area (Å²) in [4.78, 5) is 11.1. The van der Waals surface area contributed by atoms with Gasteiger partial charge in [-0.2, -0.15) is 0 Å². The molecule has 1 aliphatic rings. The van der Waals surface area contributed by atoms with E-state index in [1.54, 1.807) is 6.07 Å². The SMILES string of the molecule is CC(C)c1cccc(C(C)C)c1-n1c(-c2cc3c(cc2O)oc2ccccc23)nc2c(-c3nc4c(c5ccccc35)CCc3ccccc3-4)cccc21. The molecule has 0 aliphatic heterocycles. The van der Waals surface area contributed by atoms with Gasteiger partial charge >= 0.3 is 0 Å². The summed E-state index contributed by atoms with van der Waals surface area (Å²) in [6.07, 6.45) is 1.96. The summed E-state index contributed by atoms with van der Waals surface area (Å²) in [5, 5.41) is 16.2. The highest BCUT2D eigenvalue weighted by Gasteiger charge is 2.28. The molecular formula is C48H39N3O2. The van der Waals surface area contributed by atoms with Crippen molar-refractivity contribution in [1.29, 1.82) is 0 Å². The Bertz CT molecular complexity index is 2900. The van der Waals surface area contributed by atoms with Gasteiger partial charge in [0.1, 0.15) is 22.7 Å². The van der Waals surface area contributed by atoms with Crippen LogP contribution in [0.1, 0.15) is 61.8 Å². The third-order valence-corrected chi connectivity index (χ3v) is 11.2. The van der Waals surface area contributed by atoms with Gasteiger partial charge < -0.3 is 9.52 Å². The zero-order valence-corrected chi connectivity index (χ0v) is 30.3. The topological polar surface area (TPSA) is 64.1 Å². The Morgan fingerprint density at radius 3 is 2.06 bits per heavy atom. The number of phenolic OH excluding ortho intramolecular Hbond substituents is 1. The second kappa shape index (κ2) is 11.9. The molecule has 0 spiro atoms. The van der Waals surface area contributed by atoms with Crippen LogP contribution in [0.2, 0.25) is 0 Å². The van der Waals surface area contributed by atoms with Gasteiger partial charge in [-0.25, -0.2) is 9.97 Å². The molecule has 0 radical (unpaired) electrons. The van der Waals surface area contributed by atoms with E-state index >= 15 is 0 Å². The number of hydrogen-bond donors (Lipinski definition) is 1. The molecular weight excluding hydrogens is 651 g/mol. The Labute approximate surface area is 308 Å². The highest BCUT2D eigenvalue weighted by Crippen LogP contribution is 2.45. The Balaban J connectivity index is 1.33. The molecule has 258 valence electrons. The van der Waals surface area contributed by atoms with Crippen molar-refractivity contribution in [1.82, 2.24) is 14.5 Å². The lowest BCUT2D eigenvalue weighted by atomic mass is 9.85. The predicted molar refractivity (Wildman–Crippen MR) is 217 cm³/mol. The zero-order valence-electron chi connectivity index (χ0n) is 30.3. The largest absolute Gasteiger partial charge is 0.507 e.